The van der Waals surface area contributed by atoms with Gasteiger partial charge in [-0.2, -0.15) is 4.31 Å². The Kier molecular flexibility index (Phi) is 14.3. The zero-order valence-electron chi connectivity index (χ0n) is 22.8. The first kappa shape index (κ1) is 34.6. The summed E-state index contributed by atoms with van der Waals surface area (Å²) in [6.45, 7) is 3.86. The molecule has 3 rings (SSSR count). The van der Waals surface area contributed by atoms with Gasteiger partial charge in [0.15, 0.2) is 0 Å². The fourth-order valence-corrected chi connectivity index (χ4v) is 5.49. The van der Waals surface area contributed by atoms with Gasteiger partial charge in [0.2, 0.25) is 0 Å². The van der Waals surface area contributed by atoms with E-state index in [0.717, 1.165) is 74.6 Å². The quantitative estimate of drug-likeness (QED) is 0.159. The van der Waals surface area contributed by atoms with Crippen molar-refractivity contribution in [1.82, 2.24) is 4.90 Å². The summed E-state index contributed by atoms with van der Waals surface area (Å²) in [4.78, 5) is 33.1. The van der Waals surface area contributed by atoms with E-state index in [-0.39, 0.29) is 0 Å². The van der Waals surface area contributed by atoms with Crippen LogP contribution in [0, 0.1) is 0 Å². The van der Waals surface area contributed by atoms with Crippen molar-refractivity contribution in [3.8, 4) is 5.75 Å². The summed E-state index contributed by atoms with van der Waals surface area (Å²) in [7, 11) is -5.98. The summed E-state index contributed by atoms with van der Waals surface area (Å²) < 4.78 is 31.0. The fraction of sp³-hybridized carbons (Fsp3) is 0.231. The number of likely N-dealkylation sites (N-methyl/N-ethyl adjacent to an activating group) is 1. The third-order valence-electron chi connectivity index (χ3n) is 5.56. The van der Waals surface area contributed by atoms with Crippen LogP contribution in [0.3, 0.4) is 0 Å². The molecule has 0 bridgehead atoms. The zero-order chi connectivity index (χ0) is 29.2. The van der Waals surface area contributed by atoms with Gasteiger partial charge >= 0.3 is 215 Å². The molecular formula is C26H31NNa2O8P2. The molecule has 0 aliphatic heterocycles. The number of rotatable bonds is 10. The van der Waals surface area contributed by atoms with Gasteiger partial charge in [0, 0.05) is 0 Å². The molecule has 0 radical (unpaired) electrons. The first-order valence-corrected chi connectivity index (χ1v) is 17.3. The van der Waals surface area contributed by atoms with Crippen molar-refractivity contribution in [3.05, 3.63) is 89.5 Å². The van der Waals surface area contributed by atoms with Crippen LogP contribution in [0.5, 0.6) is 5.75 Å². The van der Waals surface area contributed by atoms with Crippen LogP contribution in [0.25, 0.3) is 11.1 Å². The molecule has 0 aromatic heterocycles. The summed E-state index contributed by atoms with van der Waals surface area (Å²) in [5, 5.41) is 0. The normalized spacial score (nSPS) is 12.5. The molecule has 200 valence electrons. The van der Waals surface area contributed by atoms with Crippen LogP contribution in [-0.4, -0.2) is 108 Å². The Balaban J connectivity index is 0.000000510. The average molecular weight is 593 g/mol. The molecule has 0 fully saturated rings. The van der Waals surface area contributed by atoms with E-state index < -0.39 is 15.6 Å². The predicted octanol–water partition coefficient (Wildman–Crippen LogP) is 2.77. The minimum Gasteiger partial charge on any atom is -0.302 e. The van der Waals surface area contributed by atoms with Crippen LogP contribution in [0.1, 0.15) is 30.0 Å². The van der Waals surface area contributed by atoms with Crippen molar-refractivity contribution in [1.29, 1.82) is 0 Å². The molecule has 9 nitrogen and oxygen atoms in total. The van der Waals surface area contributed by atoms with Gasteiger partial charge in [0.05, 0.1) is 0 Å². The van der Waals surface area contributed by atoms with E-state index in [1.54, 1.807) is 0 Å². The van der Waals surface area contributed by atoms with Crippen LogP contribution >= 0.6 is 15.6 Å². The molecule has 13 heteroatoms. The number of hydrogen-bond acceptors (Lipinski definition) is 5. The topological polar surface area (TPSA) is 137 Å². The minimum atomic E-state index is -5.05. The largest absolute Gasteiger partial charge is 0.478 e. The van der Waals surface area contributed by atoms with Gasteiger partial charge in [-0.3, -0.25) is 0 Å². The van der Waals surface area contributed by atoms with Crippen molar-refractivity contribution >= 4 is 88.3 Å². The molecule has 0 saturated heterocycles. The molecule has 0 aliphatic rings. The van der Waals surface area contributed by atoms with Gasteiger partial charge in [0.25, 0.3) is 0 Å². The number of allylic oxidation sites excluding steroid dienone is 1. The molecule has 0 saturated carbocycles. The van der Waals surface area contributed by atoms with E-state index in [0.29, 0.717) is 6.61 Å². The van der Waals surface area contributed by atoms with E-state index in [2.05, 4.69) is 103 Å². The van der Waals surface area contributed by atoms with Crippen molar-refractivity contribution in [3.63, 3.8) is 0 Å². The van der Waals surface area contributed by atoms with E-state index in [9.17, 15) is 9.13 Å². The summed E-state index contributed by atoms with van der Waals surface area (Å²) in [6.07, 6.45) is 0.986. The number of benzene rings is 3. The first-order chi connectivity index (χ1) is 18.2. The standard InChI is InChI=1S/C26H27NO.2Na.H4O7P2/c1-4-25(21-11-7-5-8-12-21)26(22-13-9-6-10-14-22)23-15-17-24(18-16-23)28-20-19-27(2)3;;;1-8(2,3)7-9(4,5)6/h7-18H,4,19-20H2,1-3H3;;;(H2,1,2,3)(H2,4,5,6)/b26-25-;;;. The summed E-state index contributed by atoms with van der Waals surface area (Å²) in [5.74, 6) is 0.924. The SMILES string of the molecule is CC/C(=C(\c1cc[c]([Na])cc1)c1ccc(OCCN(C)C)cc1)c1cc[c]([Na])cc1.O=P(O)(O)OP(=O)(O)O. The Morgan fingerprint density at radius 1 is 0.744 bits per heavy atom. The molecule has 4 N–H and O–H groups in total. The van der Waals surface area contributed by atoms with Crippen LogP contribution in [0.4, 0.5) is 0 Å². The molecule has 0 amide bonds. The molecule has 0 atom stereocenters. The Morgan fingerprint density at radius 3 is 1.51 bits per heavy atom. The molecule has 0 heterocycles. The van der Waals surface area contributed by atoms with Gasteiger partial charge < -0.3 is 24.5 Å². The predicted molar refractivity (Wildman–Crippen MR) is 156 cm³/mol. The van der Waals surface area contributed by atoms with E-state index in [4.69, 9.17) is 24.3 Å². The van der Waals surface area contributed by atoms with Gasteiger partial charge in [-0.15, -0.1) is 0 Å². The summed E-state index contributed by atoms with van der Waals surface area (Å²) >= 11 is 2.16. The molecule has 0 unspecified atom stereocenters. The maximum absolute atomic E-state index is 9.63. The maximum Gasteiger partial charge on any atom is 0.478 e. The van der Waals surface area contributed by atoms with Crippen molar-refractivity contribution in [2.75, 3.05) is 27.2 Å². The monoisotopic (exact) mass is 593 g/mol. The average Bonchev–Trinajstić information content (AvgIpc) is 2.82. The molecular weight excluding hydrogens is 562 g/mol. The Labute approximate surface area is 264 Å². The number of phosphoric acid groups is 2. The van der Waals surface area contributed by atoms with Gasteiger partial charge in [0.1, 0.15) is 0 Å². The molecule has 39 heavy (non-hydrogen) atoms. The minimum absolute atomic E-state index is 0.698. The fourth-order valence-electron chi connectivity index (χ4n) is 3.72. The number of hydrogen-bond donors (Lipinski definition) is 4. The van der Waals surface area contributed by atoms with E-state index in [1.807, 2.05) is 0 Å². The van der Waals surface area contributed by atoms with E-state index in [1.165, 1.54) is 33.5 Å². The van der Waals surface area contributed by atoms with Crippen molar-refractivity contribution in [2.45, 2.75) is 13.3 Å². The van der Waals surface area contributed by atoms with Crippen LogP contribution in [0.2, 0.25) is 0 Å². The van der Waals surface area contributed by atoms with Crippen LogP contribution in [-0.2, 0) is 13.4 Å². The Morgan fingerprint density at radius 2 is 1.15 bits per heavy atom. The van der Waals surface area contributed by atoms with Gasteiger partial charge in [-0.25, -0.2) is 9.13 Å². The third kappa shape index (κ3) is 13.3. The number of ether oxygens (including phenoxy) is 1. The first-order valence-electron chi connectivity index (χ1n) is 12.3. The van der Waals surface area contributed by atoms with Gasteiger partial charge in [-0.05, 0) is 14.1 Å². The number of nitrogens with zero attached hydrogens (tertiary/aromatic N) is 1. The zero-order valence-corrected chi connectivity index (χ0v) is 28.6. The maximum atomic E-state index is 9.63. The van der Waals surface area contributed by atoms with Gasteiger partial charge in [-0.1, -0.05) is 0 Å². The van der Waals surface area contributed by atoms with Crippen LogP contribution < -0.4 is 10.4 Å². The summed E-state index contributed by atoms with van der Waals surface area (Å²) in [6, 6.07) is 26.7. The second-order valence-corrected chi connectivity index (χ2v) is 14.1. The Bertz CT molecular complexity index is 1300. The molecule has 3 aromatic carbocycles. The second kappa shape index (κ2) is 16.2. The molecule has 0 aliphatic carbocycles. The van der Waals surface area contributed by atoms with Crippen molar-refractivity contribution < 1.29 is 37.8 Å². The van der Waals surface area contributed by atoms with Crippen molar-refractivity contribution in [2.24, 2.45) is 0 Å². The smallest absolute Gasteiger partial charge is 0.302 e. The summed E-state index contributed by atoms with van der Waals surface area (Å²) in [5.41, 5.74) is 6.54. The third-order valence-corrected chi connectivity index (χ3v) is 8.59. The van der Waals surface area contributed by atoms with Crippen LogP contribution in [0.15, 0.2) is 72.8 Å². The molecule has 3 aromatic rings. The van der Waals surface area contributed by atoms with E-state index >= 15 is 0 Å². The second-order valence-electron chi connectivity index (χ2n) is 9.18. The Hall–Kier alpha value is -0.580. The molecule has 0 spiro atoms.